The van der Waals surface area contributed by atoms with Gasteiger partial charge < -0.3 is 0 Å². The van der Waals surface area contributed by atoms with Crippen molar-refractivity contribution in [1.82, 2.24) is 19.5 Å². The standard InChI is InChI=1S/C29H20N6O/c1-3-27(36)28(31)23-10-9-22(14-21(23)15-30)35-18(2)34-26-17-33-25-11-8-19(13-24(25)29(26)35)6-7-20-5-4-12-32-16-20/h4-5,8-14,16-17,31H,3H2,1-2H3. The summed E-state index contributed by atoms with van der Waals surface area (Å²) < 4.78 is 1.97. The van der Waals surface area contributed by atoms with Gasteiger partial charge in [0.25, 0.3) is 0 Å². The first-order valence-electron chi connectivity index (χ1n) is 11.4. The van der Waals surface area contributed by atoms with Gasteiger partial charge >= 0.3 is 0 Å². The number of Topliss-reactive ketones (excluding diaryl/α,β-unsaturated/α-hetero) is 1. The molecule has 0 fully saturated rings. The summed E-state index contributed by atoms with van der Waals surface area (Å²) in [5, 5.41) is 18.8. The third kappa shape index (κ3) is 4.00. The first kappa shape index (κ1) is 22.6. The van der Waals surface area contributed by atoms with Crippen LogP contribution in [-0.4, -0.2) is 31.0 Å². The normalized spacial score (nSPS) is 10.6. The molecule has 0 atom stereocenters. The van der Waals surface area contributed by atoms with Gasteiger partial charge in [-0.25, -0.2) is 4.98 Å². The molecule has 5 rings (SSSR count). The van der Waals surface area contributed by atoms with E-state index in [0.29, 0.717) is 16.8 Å². The van der Waals surface area contributed by atoms with Gasteiger partial charge in [-0.3, -0.25) is 24.7 Å². The van der Waals surface area contributed by atoms with Crippen LogP contribution in [0, 0.1) is 35.5 Å². The maximum Gasteiger partial charge on any atom is 0.180 e. The molecule has 0 saturated carbocycles. The van der Waals surface area contributed by atoms with Crippen molar-refractivity contribution >= 4 is 33.4 Å². The molecular formula is C29H20N6O. The predicted molar refractivity (Wildman–Crippen MR) is 138 cm³/mol. The van der Waals surface area contributed by atoms with Gasteiger partial charge in [-0.2, -0.15) is 5.26 Å². The number of ketones is 1. The van der Waals surface area contributed by atoms with Gasteiger partial charge in [-0.05, 0) is 55.5 Å². The van der Waals surface area contributed by atoms with Crippen LogP contribution in [0.1, 0.15) is 41.4 Å². The molecule has 0 unspecified atom stereocenters. The molecule has 0 amide bonds. The van der Waals surface area contributed by atoms with Crippen molar-refractivity contribution in [2.45, 2.75) is 20.3 Å². The zero-order chi connectivity index (χ0) is 25.2. The van der Waals surface area contributed by atoms with E-state index in [-0.39, 0.29) is 23.5 Å². The lowest BCUT2D eigenvalue weighted by molar-refractivity contribution is -0.112. The summed E-state index contributed by atoms with van der Waals surface area (Å²) in [7, 11) is 0. The lowest BCUT2D eigenvalue weighted by Crippen LogP contribution is -2.14. The Kier molecular flexibility index (Phi) is 5.82. The van der Waals surface area contributed by atoms with Crippen molar-refractivity contribution in [3.05, 3.63) is 95.2 Å². The van der Waals surface area contributed by atoms with Crippen LogP contribution in [0.25, 0.3) is 27.6 Å². The van der Waals surface area contributed by atoms with Crippen LogP contribution < -0.4 is 0 Å². The van der Waals surface area contributed by atoms with Crippen LogP contribution in [0.4, 0.5) is 0 Å². The summed E-state index contributed by atoms with van der Waals surface area (Å²) >= 11 is 0. The number of aromatic nitrogens is 4. The van der Waals surface area contributed by atoms with E-state index >= 15 is 0 Å². The van der Waals surface area contributed by atoms with Crippen molar-refractivity contribution in [2.24, 2.45) is 0 Å². The van der Waals surface area contributed by atoms with E-state index in [9.17, 15) is 10.1 Å². The molecule has 0 bridgehead atoms. The Morgan fingerprint density at radius 3 is 2.64 bits per heavy atom. The second kappa shape index (κ2) is 9.25. The zero-order valence-electron chi connectivity index (χ0n) is 19.7. The van der Waals surface area contributed by atoms with E-state index in [2.05, 4.69) is 27.9 Å². The molecule has 0 aliphatic heterocycles. The van der Waals surface area contributed by atoms with Gasteiger partial charge in [0.15, 0.2) is 5.78 Å². The lowest BCUT2D eigenvalue weighted by atomic mass is 9.99. The van der Waals surface area contributed by atoms with E-state index in [1.54, 1.807) is 43.7 Å². The van der Waals surface area contributed by atoms with Gasteiger partial charge in [0.1, 0.15) is 17.1 Å². The number of nitriles is 1. The fourth-order valence-electron chi connectivity index (χ4n) is 4.15. The molecule has 2 aromatic carbocycles. The molecule has 0 spiro atoms. The Balaban J connectivity index is 1.69. The van der Waals surface area contributed by atoms with E-state index in [0.717, 1.165) is 33.4 Å². The van der Waals surface area contributed by atoms with Crippen LogP contribution >= 0.6 is 0 Å². The monoisotopic (exact) mass is 468 g/mol. The minimum absolute atomic E-state index is 0.153. The van der Waals surface area contributed by atoms with Crippen molar-refractivity contribution in [3.63, 3.8) is 0 Å². The number of hydrogen-bond donors (Lipinski definition) is 1. The van der Waals surface area contributed by atoms with Crippen LogP contribution in [-0.2, 0) is 4.79 Å². The molecule has 0 aliphatic rings. The summed E-state index contributed by atoms with van der Waals surface area (Å²) in [5.74, 6) is 6.74. The lowest BCUT2D eigenvalue weighted by Gasteiger charge is -2.12. The average Bonchev–Trinajstić information content (AvgIpc) is 3.27. The summed E-state index contributed by atoms with van der Waals surface area (Å²) in [6.07, 6.45) is 5.37. The number of hydrogen-bond acceptors (Lipinski definition) is 6. The minimum Gasteiger partial charge on any atom is -0.297 e. The van der Waals surface area contributed by atoms with Gasteiger partial charge in [-0.1, -0.05) is 18.8 Å². The number of fused-ring (bicyclic) bond motifs is 3. The number of aryl methyl sites for hydroxylation is 1. The highest BCUT2D eigenvalue weighted by Crippen LogP contribution is 2.29. The van der Waals surface area contributed by atoms with E-state index < -0.39 is 0 Å². The van der Waals surface area contributed by atoms with Gasteiger partial charge in [0.05, 0.1) is 28.9 Å². The number of benzene rings is 2. The Bertz CT molecular complexity index is 1780. The summed E-state index contributed by atoms with van der Waals surface area (Å²) in [4.78, 5) is 25.4. The van der Waals surface area contributed by atoms with E-state index in [4.69, 9.17) is 10.4 Å². The highest BCUT2D eigenvalue weighted by molar-refractivity contribution is 6.45. The Morgan fingerprint density at radius 2 is 1.89 bits per heavy atom. The highest BCUT2D eigenvalue weighted by Gasteiger charge is 2.18. The van der Waals surface area contributed by atoms with Crippen LogP contribution in [0.15, 0.2) is 67.1 Å². The number of carbonyl (C=O) groups excluding carboxylic acids is 1. The molecule has 1 N–H and O–H groups in total. The van der Waals surface area contributed by atoms with Crippen molar-refractivity contribution in [2.75, 3.05) is 0 Å². The predicted octanol–water partition coefficient (Wildman–Crippen LogP) is 4.90. The number of carbonyl (C=O) groups is 1. The molecule has 3 aromatic heterocycles. The first-order chi connectivity index (χ1) is 17.5. The molecule has 7 nitrogen and oxygen atoms in total. The molecule has 0 radical (unpaired) electrons. The molecule has 0 aliphatic carbocycles. The Labute approximate surface area is 207 Å². The molecular weight excluding hydrogens is 448 g/mol. The third-order valence-electron chi connectivity index (χ3n) is 5.91. The maximum absolute atomic E-state index is 12.1. The largest absolute Gasteiger partial charge is 0.297 e. The summed E-state index contributed by atoms with van der Waals surface area (Å²) in [6.45, 7) is 3.59. The highest BCUT2D eigenvalue weighted by atomic mass is 16.1. The molecule has 0 saturated heterocycles. The average molecular weight is 469 g/mol. The third-order valence-corrected chi connectivity index (χ3v) is 5.91. The van der Waals surface area contributed by atoms with E-state index in [1.807, 2.05) is 41.8 Å². The van der Waals surface area contributed by atoms with Crippen LogP contribution in [0.5, 0.6) is 0 Å². The number of imidazole rings is 1. The number of pyridine rings is 2. The van der Waals surface area contributed by atoms with Crippen molar-refractivity contribution in [1.29, 1.82) is 10.7 Å². The quantitative estimate of drug-likeness (QED) is 0.298. The Hall–Kier alpha value is -5.14. The second-order valence-electron chi connectivity index (χ2n) is 8.20. The maximum atomic E-state index is 12.1. The molecule has 5 aromatic rings. The van der Waals surface area contributed by atoms with E-state index in [1.165, 1.54) is 0 Å². The SMILES string of the molecule is CCC(=O)C(=N)c1ccc(-n2c(C)nc3cnc4ccc(C#Cc5cccnc5)cc4c32)cc1C#N. The fourth-order valence-corrected chi connectivity index (χ4v) is 4.15. The minimum atomic E-state index is -0.305. The number of nitrogens with zero attached hydrogens (tertiary/aromatic N) is 5. The molecule has 3 heterocycles. The van der Waals surface area contributed by atoms with Crippen LogP contribution in [0.2, 0.25) is 0 Å². The van der Waals surface area contributed by atoms with Gasteiger partial charge in [0.2, 0.25) is 0 Å². The first-order valence-corrected chi connectivity index (χ1v) is 11.4. The summed E-state index contributed by atoms with van der Waals surface area (Å²) in [6, 6.07) is 16.9. The van der Waals surface area contributed by atoms with Crippen LogP contribution in [0.3, 0.4) is 0 Å². The smallest absolute Gasteiger partial charge is 0.180 e. The number of nitrogens with one attached hydrogen (secondary N) is 1. The molecule has 7 heteroatoms. The summed E-state index contributed by atoms with van der Waals surface area (Å²) in [5.41, 5.74) is 5.16. The van der Waals surface area contributed by atoms with Gasteiger partial charge in [-0.15, -0.1) is 0 Å². The second-order valence-corrected chi connectivity index (χ2v) is 8.20. The Morgan fingerprint density at radius 1 is 1.06 bits per heavy atom. The zero-order valence-corrected chi connectivity index (χ0v) is 19.7. The van der Waals surface area contributed by atoms with Crippen molar-refractivity contribution < 1.29 is 4.79 Å². The van der Waals surface area contributed by atoms with Crippen molar-refractivity contribution in [3.8, 4) is 23.6 Å². The fraction of sp³-hybridized carbons (Fsp3) is 0.103. The van der Waals surface area contributed by atoms with Gasteiger partial charge in [0, 0.05) is 46.6 Å². The molecule has 36 heavy (non-hydrogen) atoms. The number of rotatable bonds is 4. The molecule has 172 valence electrons. The topological polar surface area (TPSA) is 108 Å².